The third-order valence-corrected chi connectivity index (χ3v) is 5.56. The molecule has 2 atom stereocenters. The summed E-state index contributed by atoms with van der Waals surface area (Å²) in [5.74, 6) is 1.01. The van der Waals surface area contributed by atoms with Crippen LogP contribution in [0.3, 0.4) is 0 Å². The van der Waals surface area contributed by atoms with Gasteiger partial charge in [-0.2, -0.15) is 13.2 Å². The molecule has 2 aliphatic rings. The lowest BCUT2D eigenvalue weighted by molar-refractivity contribution is -0.138. The van der Waals surface area contributed by atoms with Gasteiger partial charge in [-0.25, -0.2) is 0 Å². The highest BCUT2D eigenvalue weighted by Gasteiger charge is 2.51. The van der Waals surface area contributed by atoms with E-state index in [1.165, 1.54) is 17.0 Å². The molecule has 164 valence electrons. The van der Waals surface area contributed by atoms with Gasteiger partial charge in [-0.05, 0) is 60.2 Å². The van der Waals surface area contributed by atoms with E-state index in [2.05, 4.69) is 0 Å². The predicted molar refractivity (Wildman–Crippen MR) is 110 cm³/mol. The summed E-state index contributed by atoms with van der Waals surface area (Å²) in [5, 5.41) is 0.509. The van der Waals surface area contributed by atoms with Crippen molar-refractivity contribution in [3.63, 3.8) is 0 Å². The predicted octanol–water partition coefficient (Wildman–Crippen LogP) is 5.62. The van der Waals surface area contributed by atoms with E-state index in [9.17, 15) is 18.0 Å². The molecular weight excluding hydrogens is 447 g/mol. The minimum absolute atomic E-state index is 0.0738. The highest BCUT2D eigenvalue weighted by Crippen LogP contribution is 2.45. The zero-order valence-corrected chi connectivity index (χ0v) is 17.1. The van der Waals surface area contributed by atoms with E-state index >= 15 is 0 Å². The fraction of sp³-hybridized carbons (Fsp3) is 0.174. The Morgan fingerprint density at radius 3 is 2.47 bits per heavy atom. The molecule has 0 N–H and O–H groups in total. The van der Waals surface area contributed by atoms with E-state index in [-0.39, 0.29) is 12.5 Å². The van der Waals surface area contributed by atoms with E-state index in [0.717, 1.165) is 12.1 Å². The highest BCUT2D eigenvalue weighted by atomic mass is 35.5. The zero-order chi connectivity index (χ0) is 22.5. The fourth-order valence-electron chi connectivity index (χ4n) is 3.78. The fourth-order valence-corrected chi connectivity index (χ4v) is 3.90. The van der Waals surface area contributed by atoms with E-state index in [4.69, 9.17) is 25.8 Å². The number of ether oxygens (including phenoxy) is 3. The van der Waals surface area contributed by atoms with Crippen LogP contribution in [0, 0.1) is 0 Å². The maximum atomic E-state index is 13.2. The van der Waals surface area contributed by atoms with Crippen LogP contribution < -0.4 is 19.1 Å². The minimum atomic E-state index is -4.53. The number of fused-ring (bicyclic) bond motifs is 1. The van der Waals surface area contributed by atoms with Gasteiger partial charge in [-0.1, -0.05) is 23.7 Å². The molecule has 32 heavy (non-hydrogen) atoms. The molecule has 0 bridgehead atoms. The molecule has 0 radical (unpaired) electrons. The minimum Gasteiger partial charge on any atom is -0.478 e. The van der Waals surface area contributed by atoms with Crippen LogP contribution in [0.5, 0.6) is 17.2 Å². The molecule has 0 aromatic heterocycles. The Bertz CT molecular complexity index is 1180. The van der Waals surface area contributed by atoms with Gasteiger partial charge in [0.1, 0.15) is 11.8 Å². The first-order chi connectivity index (χ1) is 15.3. The number of hydrogen-bond donors (Lipinski definition) is 0. The Balaban J connectivity index is 1.53. The maximum Gasteiger partial charge on any atom is 0.416 e. The molecule has 9 heteroatoms. The van der Waals surface area contributed by atoms with E-state index in [1.807, 2.05) is 0 Å². The van der Waals surface area contributed by atoms with Gasteiger partial charge in [0.05, 0.1) is 5.56 Å². The van der Waals surface area contributed by atoms with Crippen molar-refractivity contribution < 1.29 is 32.2 Å². The normalized spacial score (nSPS) is 19.6. The van der Waals surface area contributed by atoms with Crippen LogP contribution in [-0.4, -0.2) is 18.8 Å². The van der Waals surface area contributed by atoms with Gasteiger partial charge in [0.2, 0.25) is 12.9 Å². The van der Waals surface area contributed by atoms with Crippen LogP contribution >= 0.6 is 11.6 Å². The zero-order valence-electron chi connectivity index (χ0n) is 16.3. The Hall–Kier alpha value is -3.39. The van der Waals surface area contributed by atoms with Crippen LogP contribution in [0.2, 0.25) is 5.02 Å². The van der Waals surface area contributed by atoms with E-state index < -0.39 is 29.8 Å². The summed E-state index contributed by atoms with van der Waals surface area (Å²) in [7, 11) is 0. The summed E-state index contributed by atoms with van der Waals surface area (Å²) in [6.07, 6.45) is -5.47. The quantitative estimate of drug-likeness (QED) is 0.473. The lowest BCUT2D eigenvalue weighted by Gasteiger charge is -2.46. The third kappa shape index (κ3) is 3.60. The van der Waals surface area contributed by atoms with Crippen LogP contribution in [0.1, 0.15) is 17.2 Å². The molecule has 0 spiro atoms. The van der Waals surface area contributed by atoms with Crippen molar-refractivity contribution in [1.29, 1.82) is 0 Å². The standard InChI is InChI=1S/C23H15ClF3NO4/c24-15-5-7-17(8-6-15)32-21-20(13-4-9-18-19(10-13)31-12-30-18)28(22(21)29)16-3-1-2-14(11-16)23(25,26)27/h1-11,20-21H,12H2/t20-,21+/m1/s1. The van der Waals surface area contributed by atoms with E-state index in [0.29, 0.717) is 27.8 Å². The van der Waals surface area contributed by atoms with Crippen LogP contribution in [0.25, 0.3) is 0 Å². The average molecular weight is 462 g/mol. The van der Waals surface area contributed by atoms with Crippen molar-refractivity contribution in [3.8, 4) is 17.2 Å². The highest BCUT2D eigenvalue weighted by molar-refractivity contribution is 6.30. The Kier molecular flexibility index (Phi) is 4.89. The summed E-state index contributed by atoms with van der Waals surface area (Å²) >= 11 is 5.91. The Morgan fingerprint density at radius 2 is 1.72 bits per heavy atom. The number of carbonyl (C=O) groups excluding carboxylic acids is 1. The lowest BCUT2D eigenvalue weighted by atomic mass is 9.89. The Morgan fingerprint density at radius 1 is 0.969 bits per heavy atom. The third-order valence-electron chi connectivity index (χ3n) is 5.31. The molecule has 3 aromatic rings. The van der Waals surface area contributed by atoms with Gasteiger partial charge in [0.15, 0.2) is 11.5 Å². The second kappa shape index (κ2) is 7.63. The largest absolute Gasteiger partial charge is 0.478 e. The van der Waals surface area contributed by atoms with Gasteiger partial charge in [-0.15, -0.1) is 0 Å². The van der Waals surface area contributed by atoms with Gasteiger partial charge in [0.25, 0.3) is 5.91 Å². The van der Waals surface area contributed by atoms with Crippen LogP contribution in [-0.2, 0) is 11.0 Å². The second-order valence-corrected chi connectivity index (χ2v) is 7.74. The summed E-state index contributed by atoms with van der Waals surface area (Å²) in [4.78, 5) is 14.3. The molecule has 5 rings (SSSR count). The van der Waals surface area contributed by atoms with E-state index in [1.54, 1.807) is 42.5 Å². The average Bonchev–Trinajstić information content (AvgIpc) is 3.24. The number of nitrogens with zero attached hydrogens (tertiary/aromatic N) is 1. The molecule has 1 fully saturated rings. The SMILES string of the molecule is O=C1[C@@H](Oc2ccc(Cl)cc2)[C@@H](c2ccc3c(c2)OCO3)N1c1cccc(C(F)(F)F)c1. The first-order valence-corrected chi connectivity index (χ1v) is 10.0. The lowest BCUT2D eigenvalue weighted by Crippen LogP contribution is -2.61. The summed E-state index contributed by atoms with van der Waals surface area (Å²) in [5.41, 5.74) is -0.0667. The maximum absolute atomic E-state index is 13.2. The molecule has 5 nitrogen and oxygen atoms in total. The summed E-state index contributed by atoms with van der Waals surface area (Å²) in [6.45, 7) is 0.0738. The smallest absolute Gasteiger partial charge is 0.416 e. The van der Waals surface area contributed by atoms with Crippen molar-refractivity contribution in [3.05, 3.63) is 82.9 Å². The van der Waals surface area contributed by atoms with Crippen molar-refractivity contribution in [2.75, 3.05) is 11.7 Å². The first-order valence-electron chi connectivity index (χ1n) is 9.63. The van der Waals surface area contributed by atoms with Gasteiger partial charge in [0, 0.05) is 10.7 Å². The topological polar surface area (TPSA) is 48.0 Å². The molecule has 0 aliphatic carbocycles. The number of β-lactam (4-membered cyclic amide) rings is 1. The number of halogens is 4. The van der Waals surface area contributed by atoms with Gasteiger partial charge >= 0.3 is 6.18 Å². The Labute approximate surface area is 185 Å². The van der Waals surface area contributed by atoms with Crippen LogP contribution in [0.15, 0.2) is 66.7 Å². The summed E-state index contributed by atoms with van der Waals surface area (Å²) < 4.78 is 56.4. The summed E-state index contributed by atoms with van der Waals surface area (Å²) in [6, 6.07) is 15.6. The van der Waals surface area contributed by atoms with Gasteiger partial charge in [-0.3, -0.25) is 9.69 Å². The van der Waals surface area contributed by atoms with Crippen molar-refractivity contribution >= 4 is 23.2 Å². The molecule has 3 aromatic carbocycles. The number of carbonyl (C=O) groups is 1. The van der Waals surface area contributed by atoms with Gasteiger partial charge < -0.3 is 14.2 Å². The second-order valence-electron chi connectivity index (χ2n) is 7.31. The number of anilines is 1. The first kappa shape index (κ1) is 20.5. The number of hydrogen-bond acceptors (Lipinski definition) is 4. The number of rotatable bonds is 4. The monoisotopic (exact) mass is 461 g/mol. The van der Waals surface area contributed by atoms with Crippen molar-refractivity contribution in [2.24, 2.45) is 0 Å². The molecule has 2 aliphatic heterocycles. The number of benzene rings is 3. The molecule has 0 saturated carbocycles. The van der Waals surface area contributed by atoms with Crippen LogP contribution in [0.4, 0.5) is 18.9 Å². The molecule has 1 saturated heterocycles. The number of alkyl halides is 3. The van der Waals surface area contributed by atoms with Crippen molar-refractivity contribution in [1.82, 2.24) is 0 Å². The molecular formula is C23H15ClF3NO4. The number of amides is 1. The van der Waals surface area contributed by atoms with Crippen molar-refractivity contribution in [2.45, 2.75) is 18.3 Å². The molecule has 2 heterocycles. The molecule has 1 amide bonds. The molecule has 0 unspecified atom stereocenters.